The van der Waals surface area contributed by atoms with Crippen molar-refractivity contribution in [2.24, 2.45) is 0 Å². The SMILES string of the molecule is COc1ccc([C@H](C)NC(=O)[C@H](Cc2ccccc2)NS(=O)(=O)c2c(C)cc(C)cc2C)cc1OC. The van der Waals surface area contributed by atoms with Crippen LogP contribution in [-0.4, -0.2) is 34.6 Å². The molecule has 0 saturated heterocycles. The molecule has 36 heavy (non-hydrogen) atoms. The van der Waals surface area contributed by atoms with Crippen LogP contribution >= 0.6 is 0 Å². The largest absolute Gasteiger partial charge is 0.493 e. The molecule has 8 heteroatoms. The first-order valence-electron chi connectivity index (χ1n) is 11.7. The Morgan fingerprint density at radius 1 is 0.889 bits per heavy atom. The van der Waals surface area contributed by atoms with Gasteiger partial charge in [-0.15, -0.1) is 0 Å². The number of rotatable bonds is 10. The number of amides is 1. The molecule has 0 aliphatic heterocycles. The van der Waals surface area contributed by atoms with Gasteiger partial charge in [-0.1, -0.05) is 54.1 Å². The number of hydrogen-bond donors (Lipinski definition) is 2. The van der Waals surface area contributed by atoms with Crippen LogP contribution < -0.4 is 19.5 Å². The molecule has 1 amide bonds. The number of carbonyl (C=O) groups excluding carboxylic acids is 1. The highest BCUT2D eigenvalue weighted by Gasteiger charge is 2.29. The third-order valence-electron chi connectivity index (χ3n) is 6.04. The number of benzene rings is 3. The number of methoxy groups -OCH3 is 2. The lowest BCUT2D eigenvalue weighted by Crippen LogP contribution is -2.48. The average molecular weight is 511 g/mol. The van der Waals surface area contributed by atoms with Gasteiger partial charge in [0.2, 0.25) is 15.9 Å². The minimum absolute atomic E-state index is 0.201. The van der Waals surface area contributed by atoms with Gasteiger partial charge in [-0.25, -0.2) is 8.42 Å². The van der Waals surface area contributed by atoms with E-state index in [4.69, 9.17) is 9.47 Å². The highest BCUT2D eigenvalue weighted by Crippen LogP contribution is 2.30. The van der Waals surface area contributed by atoms with E-state index in [1.165, 1.54) is 0 Å². The Kier molecular flexibility index (Phi) is 8.76. The van der Waals surface area contributed by atoms with Crippen molar-refractivity contribution < 1.29 is 22.7 Å². The topological polar surface area (TPSA) is 93.7 Å². The predicted octanol–water partition coefficient (Wildman–Crippen LogP) is 4.40. The highest BCUT2D eigenvalue weighted by molar-refractivity contribution is 7.89. The molecule has 0 aliphatic rings. The van der Waals surface area contributed by atoms with Crippen molar-refractivity contribution in [3.63, 3.8) is 0 Å². The van der Waals surface area contributed by atoms with Crippen molar-refractivity contribution in [2.75, 3.05) is 14.2 Å². The Morgan fingerprint density at radius 3 is 2.08 bits per heavy atom. The summed E-state index contributed by atoms with van der Waals surface area (Å²) >= 11 is 0. The summed E-state index contributed by atoms with van der Waals surface area (Å²) in [5, 5.41) is 2.96. The Bertz CT molecular complexity index is 1300. The van der Waals surface area contributed by atoms with Crippen LogP contribution in [-0.2, 0) is 21.2 Å². The molecule has 0 saturated carbocycles. The number of hydrogen-bond acceptors (Lipinski definition) is 5. The van der Waals surface area contributed by atoms with Gasteiger partial charge >= 0.3 is 0 Å². The van der Waals surface area contributed by atoms with Gasteiger partial charge < -0.3 is 14.8 Å². The lowest BCUT2D eigenvalue weighted by Gasteiger charge is -2.23. The smallest absolute Gasteiger partial charge is 0.241 e. The van der Waals surface area contributed by atoms with E-state index >= 15 is 0 Å². The van der Waals surface area contributed by atoms with E-state index in [2.05, 4.69) is 10.0 Å². The summed E-state index contributed by atoms with van der Waals surface area (Å²) in [7, 11) is -0.868. The fourth-order valence-corrected chi connectivity index (χ4v) is 6.04. The minimum Gasteiger partial charge on any atom is -0.493 e. The molecule has 192 valence electrons. The van der Waals surface area contributed by atoms with Gasteiger partial charge in [0.05, 0.1) is 25.2 Å². The lowest BCUT2D eigenvalue weighted by atomic mass is 10.0. The van der Waals surface area contributed by atoms with E-state index in [0.29, 0.717) is 22.6 Å². The molecule has 3 aromatic rings. The molecular weight excluding hydrogens is 476 g/mol. The van der Waals surface area contributed by atoms with E-state index in [1.807, 2.05) is 62.4 Å². The molecule has 3 aromatic carbocycles. The molecular formula is C28H34N2O5S. The summed E-state index contributed by atoms with van der Waals surface area (Å²) in [4.78, 5) is 13.6. The normalized spacial score (nSPS) is 13.1. The molecule has 7 nitrogen and oxygen atoms in total. The third-order valence-corrected chi connectivity index (χ3v) is 7.81. The first-order valence-corrected chi connectivity index (χ1v) is 13.2. The van der Waals surface area contributed by atoms with Crippen LogP contribution in [0.15, 0.2) is 65.6 Å². The van der Waals surface area contributed by atoms with E-state index in [0.717, 1.165) is 16.7 Å². The molecule has 0 heterocycles. The second-order valence-electron chi connectivity index (χ2n) is 8.94. The van der Waals surface area contributed by atoms with E-state index in [1.54, 1.807) is 40.2 Å². The van der Waals surface area contributed by atoms with Crippen molar-refractivity contribution in [1.29, 1.82) is 0 Å². The quantitative estimate of drug-likeness (QED) is 0.422. The van der Waals surface area contributed by atoms with E-state index in [-0.39, 0.29) is 11.3 Å². The van der Waals surface area contributed by atoms with Crippen molar-refractivity contribution in [1.82, 2.24) is 10.0 Å². The first-order chi connectivity index (χ1) is 17.1. The fourth-order valence-electron chi connectivity index (χ4n) is 4.39. The lowest BCUT2D eigenvalue weighted by molar-refractivity contribution is -0.123. The van der Waals surface area contributed by atoms with Crippen molar-refractivity contribution in [2.45, 2.75) is 51.1 Å². The van der Waals surface area contributed by atoms with Crippen LogP contribution in [0.4, 0.5) is 0 Å². The average Bonchev–Trinajstić information content (AvgIpc) is 2.82. The molecule has 0 aliphatic carbocycles. The Morgan fingerprint density at radius 2 is 1.50 bits per heavy atom. The zero-order chi connectivity index (χ0) is 26.5. The van der Waals surface area contributed by atoms with Crippen LogP contribution in [0, 0.1) is 20.8 Å². The van der Waals surface area contributed by atoms with Crippen LogP contribution in [0.5, 0.6) is 11.5 Å². The van der Waals surface area contributed by atoms with Gasteiger partial charge in [0.1, 0.15) is 6.04 Å². The molecule has 2 N–H and O–H groups in total. The molecule has 0 radical (unpaired) electrons. The van der Waals surface area contributed by atoms with Gasteiger partial charge in [0.25, 0.3) is 0 Å². The standard InChI is InChI=1S/C28H34N2O5S/c1-18-14-19(2)27(20(3)15-18)36(32,33)30-24(16-22-10-8-7-9-11-22)28(31)29-21(4)23-12-13-25(34-5)26(17-23)35-6/h7-15,17,21,24,30H,16H2,1-6H3,(H,29,31)/t21-,24-/m0/s1. The van der Waals surface area contributed by atoms with Gasteiger partial charge in [-0.05, 0) is 68.5 Å². The zero-order valence-electron chi connectivity index (χ0n) is 21.6. The molecule has 0 aromatic heterocycles. The predicted molar refractivity (Wildman–Crippen MR) is 141 cm³/mol. The molecule has 0 fully saturated rings. The van der Waals surface area contributed by atoms with Gasteiger partial charge in [0.15, 0.2) is 11.5 Å². The van der Waals surface area contributed by atoms with Crippen LogP contribution in [0.2, 0.25) is 0 Å². The van der Waals surface area contributed by atoms with Crippen molar-refractivity contribution >= 4 is 15.9 Å². The number of aryl methyl sites for hydroxylation is 3. The summed E-state index contributed by atoms with van der Waals surface area (Å²) in [6.45, 7) is 7.28. The van der Waals surface area contributed by atoms with Crippen LogP contribution in [0.25, 0.3) is 0 Å². The second-order valence-corrected chi connectivity index (χ2v) is 10.6. The minimum atomic E-state index is -3.97. The Labute approximate surface area is 213 Å². The number of ether oxygens (including phenoxy) is 2. The zero-order valence-corrected chi connectivity index (χ0v) is 22.4. The maximum absolute atomic E-state index is 13.5. The van der Waals surface area contributed by atoms with E-state index in [9.17, 15) is 13.2 Å². The van der Waals surface area contributed by atoms with Gasteiger partial charge in [0, 0.05) is 0 Å². The van der Waals surface area contributed by atoms with Crippen LogP contribution in [0.3, 0.4) is 0 Å². The number of sulfonamides is 1. The summed E-state index contributed by atoms with van der Waals surface area (Å²) in [5.74, 6) is 0.702. The molecule has 0 bridgehead atoms. The number of carbonyl (C=O) groups is 1. The summed E-state index contributed by atoms with van der Waals surface area (Å²) in [6, 6.07) is 17.0. The fraction of sp³-hybridized carbons (Fsp3) is 0.321. The monoisotopic (exact) mass is 510 g/mol. The van der Waals surface area contributed by atoms with Gasteiger partial charge in [-0.2, -0.15) is 4.72 Å². The van der Waals surface area contributed by atoms with Crippen LogP contribution in [0.1, 0.15) is 40.8 Å². The third kappa shape index (κ3) is 6.44. The maximum Gasteiger partial charge on any atom is 0.241 e. The molecule has 0 unspecified atom stereocenters. The Hall–Kier alpha value is -3.36. The number of nitrogens with one attached hydrogen (secondary N) is 2. The summed E-state index contributed by atoms with van der Waals surface area (Å²) in [5.41, 5.74) is 3.89. The first kappa shape index (κ1) is 27.2. The summed E-state index contributed by atoms with van der Waals surface area (Å²) in [6.07, 6.45) is 0.203. The van der Waals surface area contributed by atoms with Crippen molar-refractivity contribution in [3.8, 4) is 11.5 Å². The molecule has 0 spiro atoms. The molecule has 3 rings (SSSR count). The Balaban J connectivity index is 1.90. The van der Waals surface area contributed by atoms with E-state index < -0.39 is 28.0 Å². The second kappa shape index (κ2) is 11.6. The maximum atomic E-state index is 13.5. The van der Waals surface area contributed by atoms with Crippen molar-refractivity contribution in [3.05, 3.63) is 88.5 Å². The molecule has 2 atom stereocenters. The highest BCUT2D eigenvalue weighted by atomic mass is 32.2. The van der Waals surface area contributed by atoms with Gasteiger partial charge in [-0.3, -0.25) is 4.79 Å². The summed E-state index contributed by atoms with van der Waals surface area (Å²) < 4.78 is 40.3.